The standard InChI is InChI=1S/C56H60N4/c1-53(2,3)38-28-36(29-39(32-38)54(4,5)6)51-47-22-19-42(57-47)34-43-20-23-48(58-43)52(37-30-40(55(7,8)9)33-41(31-37)56(10,11)12)50-27-25-46(60-50)44(45-24-26-49(51)59-45)21-18-35-16-14-13-15-17-35/h13-34,57-58H,1-12H3/b21-18+,42-34?,43-34?,45-44?,46-44?,51-47?,51-49?,52-48?,52-50?. The smallest absolute Gasteiger partial charge is 0.0737 e. The van der Waals surface area contributed by atoms with Gasteiger partial charge in [-0.2, -0.15) is 0 Å². The van der Waals surface area contributed by atoms with E-state index >= 15 is 0 Å². The number of nitrogens with one attached hydrogen (secondary N) is 2. The summed E-state index contributed by atoms with van der Waals surface area (Å²) in [6, 6.07) is 35.6. The molecule has 2 N–H and O–H groups in total. The van der Waals surface area contributed by atoms with Crippen LogP contribution in [-0.2, 0) is 21.7 Å². The van der Waals surface area contributed by atoms with Crippen molar-refractivity contribution >= 4 is 58.5 Å². The van der Waals surface area contributed by atoms with Crippen molar-refractivity contribution in [2.24, 2.45) is 0 Å². The summed E-state index contributed by atoms with van der Waals surface area (Å²) in [6.45, 7) is 27.5. The van der Waals surface area contributed by atoms with Gasteiger partial charge < -0.3 is 9.97 Å². The summed E-state index contributed by atoms with van der Waals surface area (Å²) in [5, 5.41) is 0. The predicted octanol–water partition coefficient (Wildman–Crippen LogP) is 15.3. The SMILES string of the molecule is CC(C)(C)c1cc(-c2c3nc(c(/C=C/c4ccccc4)c4nc(c(-c5cc(C(C)(C)C)cc(C(C)(C)C)c5)c5ccc(cc6ccc2[nH]6)[nH]5)C=C4)C=C3)cc(C(C)(C)C)c1. The monoisotopic (exact) mass is 788 g/mol. The van der Waals surface area contributed by atoms with Crippen LogP contribution in [-0.4, -0.2) is 19.9 Å². The number of hydrogen-bond donors (Lipinski definition) is 2. The van der Waals surface area contributed by atoms with Crippen LogP contribution in [0.25, 0.3) is 80.8 Å². The van der Waals surface area contributed by atoms with Gasteiger partial charge >= 0.3 is 0 Å². The molecule has 0 aliphatic carbocycles. The Hall–Kier alpha value is -6.00. The van der Waals surface area contributed by atoms with Crippen molar-refractivity contribution in [2.75, 3.05) is 0 Å². The summed E-state index contributed by atoms with van der Waals surface area (Å²) in [5.41, 5.74) is 19.2. The van der Waals surface area contributed by atoms with Crippen LogP contribution in [0.2, 0.25) is 0 Å². The highest BCUT2D eigenvalue weighted by molar-refractivity contribution is 5.95. The molecule has 0 radical (unpaired) electrons. The second kappa shape index (κ2) is 14.9. The lowest BCUT2D eigenvalue weighted by Crippen LogP contribution is -2.16. The topological polar surface area (TPSA) is 57.4 Å². The molecular weight excluding hydrogens is 729 g/mol. The lowest BCUT2D eigenvalue weighted by atomic mass is 9.78. The van der Waals surface area contributed by atoms with Crippen LogP contribution in [0.4, 0.5) is 0 Å². The Morgan fingerprint density at radius 3 is 1.17 bits per heavy atom. The second-order valence-electron chi connectivity index (χ2n) is 20.7. The van der Waals surface area contributed by atoms with Crippen LogP contribution in [0.1, 0.15) is 139 Å². The Labute approximate surface area is 357 Å². The van der Waals surface area contributed by atoms with Gasteiger partial charge in [-0.15, -0.1) is 0 Å². The molecule has 3 aromatic carbocycles. The summed E-state index contributed by atoms with van der Waals surface area (Å²) < 4.78 is 0. The average molecular weight is 789 g/mol. The summed E-state index contributed by atoms with van der Waals surface area (Å²) in [7, 11) is 0. The number of aromatic amines is 2. The van der Waals surface area contributed by atoms with Gasteiger partial charge in [-0.3, -0.25) is 0 Å². The molecule has 0 atom stereocenters. The van der Waals surface area contributed by atoms with Crippen LogP contribution in [0, 0.1) is 0 Å². The molecule has 6 aromatic rings. The maximum absolute atomic E-state index is 5.50. The first-order chi connectivity index (χ1) is 28.2. The van der Waals surface area contributed by atoms with E-state index in [1.54, 1.807) is 0 Å². The number of benzene rings is 3. The van der Waals surface area contributed by atoms with Crippen LogP contribution >= 0.6 is 0 Å². The lowest BCUT2D eigenvalue weighted by molar-refractivity contribution is 0.568. The minimum absolute atomic E-state index is 0.0396. The van der Waals surface area contributed by atoms with Crippen molar-refractivity contribution in [1.82, 2.24) is 19.9 Å². The summed E-state index contributed by atoms with van der Waals surface area (Å²) in [6.07, 6.45) is 13.0. The molecule has 5 heterocycles. The van der Waals surface area contributed by atoms with Gasteiger partial charge in [0, 0.05) is 38.8 Å². The zero-order chi connectivity index (χ0) is 42.8. The fourth-order valence-corrected chi connectivity index (χ4v) is 7.96. The molecule has 0 saturated carbocycles. The lowest BCUT2D eigenvalue weighted by Gasteiger charge is -2.26. The van der Waals surface area contributed by atoms with Crippen LogP contribution in [0.3, 0.4) is 0 Å². The zero-order valence-corrected chi connectivity index (χ0v) is 37.6. The third kappa shape index (κ3) is 8.39. The largest absolute Gasteiger partial charge is 0.355 e. The molecule has 3 aromatic heterocycles. The Kier molecular flexibility index (Phi) is 10.1. The first-order valence-electron chi connectivity index (χ1n) is 21.4. The molecule has 4 nitrogen and oxygen atoms in total. The van der Waals surface area contributed by atoms with Gasteiger partial charge in [-0.1, -0.05) is 162 Å². The summed E-state index contributed by atoms with van der Waals surface area (Å²) in [4.78, 5) is 18.6. The molecule has 0 fully saturated rings. The van der Waals surface area contributed by atoms with Gasteiger partial charge in [0.25, 0.3) is 0 Å². The molecule has 8 bridgehead atoms. The van der Waals surface area contributed by atoms with Gasteiger partial charge in [-0.25, -0.2) is 9.97 Å². The highest BCUT2D eigenvalue weighted by Gasteiger charge is 2.25. The maximum atomic E-state index is 5.50. The number of rotatable bonds is 4. The first kappa shape index (κ1) is 40.8. The maximum Gasteiger partial charge on any atom is 0.0737 e. The van der Waals surface area contributed by atoms with Gasteiger partial charge in [0.05, 0.1) is 22.8 Å². The van der Waals surface area contributed by atoms with E-state index in [9.17, 15) is 0 Å². The molecule has 0 unspecified atom stereocenters. The number of nitrogens with zero attached hydrogens (tertiary/aromatic N) is 2. The molecule has 0 amide bonds. The Bertz CT molecular complexity index is 2650. The minimum Gasteiger partial charge on any atom is -0.355 e. The van der Waals surface area contributed by atoms with E-state index in [-0.39, 0.29) is 21.7 Å². The van der Waals surface area contributed by atoms with Crippen LogP contribution < -0.4 is 0 Å². The van der Waals surface area contributed by atoms with E-state index < -0.39 is 0 Å². The highest BCUT2D eigenvalue weighted by Crippen LogP contribution is 2.40. The van der Waals surface area contributed by atoms with Crippen LogP contribution in [0.5, 0.6) is 0 Å². The Morgan fingerprint density at radius 1 is 0.400 bits per heavy atom. The molecule has 0 saturated heterocycles. The van der Waals surface area contributed by atoms with Crippen molar-refractivity contribution in [3.05, 3.63) is 153 Å². The Balaban J connectivity index is 1.50. The quantitative estimate of drug-likeness (QED) is 0.187. The van der Waals surface area contributed by atoms with Gasteiger partial charge in [-0.05, 0) is 115 Å². The van der Waals surface area contributed by atoms with Crippen molar-refractivity contribution in [3.8, 4) is 22.3 Å². The number of H-pyrrole nitrogens is 2. The van der Waals surface area contributed by atoms with Gasteiger partial charge in [0.15, 0.2) is 0 Å². The zero-order valence-electron chi connectivity index (χ0n) is 37.6. The number of hydrogen-bond acceptors (Lipinski definition) is 2. The predicted molar refractivity (Wildman–Crippen MR) is 260 cm³/mol. The highest BCUT2D eigenvalue weighted by atomic mass is 14.8. The molecule has 2 aliphatic heterocycles. The molecule has 4 heteroatoms. The van der Waals surface area contributed by atoms with E-state index in [4.69, 9.17) is 9.97 Å². The van der Waals surface area contributed by atoms with Gasteiger partial charge in [0.1, 0.15) is 0 Å². The fraction of sp³-hybridized carbons (Fsp3) is 0.286. The van der Waals surface area contributed by atoms with Crippen LogP contribution in [0.15, 0.2) is 97.1 Å². The minimum atomic E-state index is -0.0396. The van der Waals surface area contributed by atoms with Crippen molar-refractivity contribution < 1.29 is 0 Å². The third-order valence-electron chi connectivity index (χ3n) is 11.8. The summed E-state index contributed by atoms with van der Waals surface area (Å²) >= 11 is 0. The number of fused-ring (bicyclic) bond motifs is 8. The molecule has 0 spiro atoms. The average Bonchev–Trinajstić information content (AvgIpc) is 4.01. The van der Waals surface area contributed by atoms with E-state index in [1.807, 2.05) is 0 Å². The van der Waals surface area contributed by atoms with E-state index in [1.165, 1.54) is 22.3 Å². The summed E-state index contributed by atoms with van der Waals surface area (Å²) in [5.74, 6) is 0. The number of aromatic nitrogens is 4. The molecule has 304 valence electrons. The van der Waals surface area contributed by atoms with E-state index in [0.29, 0.717) is 0 Å². The normalized spacial score (nSPS) is 13.5. The molecule has 60 heavy (non-hydrogen) atoms. The molecular formula is C56H60N4. The molecule has 8 rings (SSSR count). The Morgan fingerprint density at radius 2 is 0.783 bits per heavy atom. The molecule has 2 aliphatic rings. The van der Waals surface area contributed by atoms with Crippen molar-refractivity contribution in [1.29, 1.82) is 0 Å². The second-order valence-corrected chi connectivity index (χ2v) is 20.7. The first-order valence-corrected chi connectivity index (χ1v) is 21.4. The van der Waals surface area contributed by atoms with E-state index in [0.717, 1.165) is 78.2 Å². The van der Waals surface area contributed by atoms with E-state index in [2.05, 4.69) is 227 Å². The van der Waals surface area contributed by atoms with Crippen molar-refractivity contribution in [3.63, 3.8) is 0 Å². The van der Waals surface area contributed by atoms with Gasteiger partial charge in [0.2, 0.25) is 0 Å². The fourth-order valence-electron chi connectivity index (χ4n) is 7.96. The third-order valence-corrected chi connectivity index (χ3v) is 11.8. The van der Waals surface area contributed by atoms with Crippen molar-refractivity contribution in [2.45, 2.75) is 105 Å².